The van der Waals surface area contributed by atoms with E-state index >= 15 is 0 Å². The molecule has 0 spiro atoms. The van der Waals surface area contributed by atoms with Gasteiger partial charge in [0.15, 0.2) is 15.6 Å². The normalized spacial score (nSPS) is 25.6. The molecule has 0 saturated carbocycles. The third-order valence-electron chi connectivity index (χ3n) is 2.19. The summed E-state index contributed by atoms with van der Waals surface area (Å²) in [6.07, 6.45) is 0.117. The van der Waals surface area contributed by atoms with E-state index in [1.165, 1.54) is 0 Å². The highest BCUT2D eigenvalue weighted by molar-refractivity contribution is 7.94. The second kappa shape index (κ2) is 2.65. The summed E-state index contributed by atoms with van der Waals surface area (Å²) in [4.78, 5) is 11.4. The molecule has 2 rings (SSSR count). The van der Waals surface area contributed by atoms with Gasteiger partial charge >= 0.3 is 0 Å². The van der Waals surface area contributed by atoms with Crippen molar-refractivity contribution in [3.63, 3.8) is 0 Å². The molecule has 2 heterocycles. The number of hydrogen-bond acceptors (Lipinski definition) is 4. The van der Waals surface area contributed by atoms with Crippen molar-refractivity contribution in [1.82, 2.24) is 0 Å². The number of rotatable bonds is 0. The average molecular weight is 216 g/mol. The number of thiophene rings is 1. The van der Waals surface area contributed by atoms with E-state index < -0.39 is 15.1 Å². The van der Waals surface area contributed by atoms with Crippen LogP contribution in [0.3, 0.4) is 0 Å². The van der Waals surface area contributed by atoms with E-state index in [9.17, 15) is 13.2 Å². The summed E-state index contributed by atoms with van der Waals surface area (Å²) in [5.74, 6) is -0.0569. The van der Waals surface area contributed by atoms with Gasteiger partial charge in [0, 0.05) is 12.0 Å². The lowest BCUT2D eigenvalue weighted by Crippen LogP contribution is -2.27. The first kappa shape index (κ1) is 8.90. The Morgan fingerprint density at radius 1 is 1.54 bits per heavy atom. The Hall–Kier alpha value is -0.680. The Balaban J connectivity index is 2.73. The van der Waals surface area contributed by atoms with Crippen molar-refractivity contribution >= 4 is 27.0 Å². The SMILES string of the molecule is CC1CC(=O)c2ccsc2S1(=O)=O. The maximum Gasteiger partial charge on any atom is 0.191 e. The molecule has 1 aromatic rings. The third kappa shape index (κ3) is 1.14. The Morgan fingerprint density at radius 3 is 2.92 bits per heavy atom. The summed E-state index contributed by atoms with van der Waals surface area (Å²) in [6, 6.07) is 1.59. The van der Waals surface area contributed by atoms with Crippen LogP contribution in [0.4, 0.5) is 0 Å². The molecule has 0 fully saturated rings. The Morgan fingerprint density at radius 2 is 2.23 bits per heavy atom. The van der Waals surface area contributed by atoms with E-state index in [0.717, 1.165) is 11.3 Å². The molecular weight excluding hydrogens is 208 g/mol. The summed E-state index contributed by atoms with van der Waals surface area (Å²) < 4.78 is 23.6. The highest BCUT2D eigenvalue weighted by Gasteiger charge is 2.36. The maximum atomic E-state index is 11.7. The molecule has 0 radical (unpaired) electrons. The Labute approximate surface area is 80.3 Å². The van der Waals surface area contributed by atoms with Crippen molar-refractivity contribution in [3.8, 4) is 0 Å². The summed E-state index contributed by atoms with van der Waals surface area (Å²) in [7, 11) is -3.21. The molecule has 13 heavy (non-hydrogen) atoms. The van der Waals surface area contributed by atoms with Crippen LogP contribution in [0.1, 0.15) is 23.7 Å². The zero-order valence-corrected chi connectivity index (χ0v) is 8.61. The highest BCUT2D eigenvalue weighted by atomic mass is 32.2. The monoisotopic (exact) mass is 216 g/mol. The largest absolute Gasteiger partial charge is 0.294 e. The molecule has 0 aliphatic carbocycles. The van der Waals surface area contributed by atoms with Crippen LogP contribution >= 0.6 is 11.3 Å². The number of hydrogen-bond donors (Lipinski definition) is 0. The molecule has 1 aromatic heterocycles. The van der Waals surface area contributed by atoms with Gasteiger partial charge in [0.1, 0.15) is 4.21 Å². The van der Waals surface area contributed by atoms with Crippen LogP contribution in [-0.4, -0.2) is 19.5 Å². The van der Waals surface area contributed by atoms with Gasteiger partial charge in [-0.05, 0) is 18.4 Å². The van der Waals surface area contributed by atoms with Gasteiger partial charge in [-0.25, -0.2) is 8.42 Å². The highest BCUT2D eigenvalue weighted by Crippen LogP contribution is 2.33. The van der Waals surface area contributed by atoms with Crippen LogP contribution in [0.15, 0.2) is 15.7 Å². The molecule has 3 nitrogen and oxygen atoms in total. The second-order valence-corrected chi connectivity index (χ2v) is 6.58. The molecule has 0 aromatic carbocycles. The lowest BCUT2D eigenvalue weighted by atomic mass is 10.1. The van der Waals surface area contributed by atoms with Crippen LogP contribution in [0, 0.1) is 0 Å². The first-order valence-corrected chi connectivity index (χ1v) is 6.30. The van der Waals surface area contributed by atoms with Crippen molar-refractivity contribution in [1.29, 1.82) is 0 Å². The van der Waals surface area contributed by atoms with Gasteiger partial charge in [-0.2, -0.15) is 0 Å². The molecule has 1 aliphatic rings. The minimum absolute atomic E-state index is 0.0569. The van der Waals surface area contributed by atoms with E-state index in [2.05, 4.69) is 0 Å². The van der Waals surface area contributed by atoms with E-state index in [-0.39, 0.29) is 16.4 Å². The number of sulfone groups is 1. The fourth-order valence-corrected chi connectivity index (χ4v) is 4.44. The summed E-state index contributed by atoms with van der Waals surface area (Å²) in [5.41, 5.74) is 0.378. The van der Waals surface area contributed by atoms with Gasteiger partial charge < -0.3 is 0 Å². The second-order valence-electron chi connectivity index (χ2n) is 3.10. The standard InChI is InChI=1S/C8H8O3S2/c1-5-4-7(9)6-2-3-12-8(6)13(5,10)11/h2-3,5H,4H2,1H3. The number of Topliss-reactive ketones (excluding diaryl/α,β-unsaturated/α-hetero) is 1. The van der Waals surface area contributed by atoms with Gasteiger partial charge in [-0.1, -0.05) is 0 Å². The predicted octanol–water partition coefficient (Wildman–Crippen LogP) is 1.50. The summed E-state index contributed by atoms with van der Waals surface area (Å²) in [6.45, 7) is 1.58. The van der Waals surface area contributed by atoms with Gasteiger partial charge in [0.25, 0.3) is 0 Å². The zero-order chi connectivity index (χ0) is 9.64. The quantitative estimate of drug-likeness (QED) is 0.660. The molecule has 1 unspecified atom stereocenters. The molecule has 5 heteroatoms. The van der Waals surface area contributed by atoms with Gasteiger partial charge in [0.05, 0.1) is 5.25 Å². The Kier molecular flexibility index (Phi) is 1.82. The molecule has 1 aliphatic heterocycles. The molecule has 1 atom stereocenters. The van der Waals surface area contributed by atoms with Gasteiger partial charge in [-0.15, -0.1) is 11.3 Å². The first-order valence-electron chi connectivity index (χ1n) is 3.88. The third-order valence-corrected chi connectivity index (χ3v) is 5.85. The van der Waals surface area contributed by atoms with Crippen molar-refractivity contribution in [2.24, 2.45) is 0 Å². The van der Waals surface area contributed by atoms with Crippen molar-refractivity contribution in [3.05, 3.63) is 17.0 Å². The smallest absolute Gasteiger partial charge is 0.191 e. The number of fused-ring (bicyclic) bond motifs is 1. The van der Waals surface area contributed by atoms with Crippen molar-refractivity contribution < 1.29 is 13.2 Å². The molecule has 0 N–H and O–H groups in total. The van der Waals surface area contributed by atoms with Crippen molar-refractivity contribution in [2.75, 3.05) is 0 Å². The molecule has 0 amide bonds. The lowest BCUT2D eigenvalue weighted by Gasteiger charge is -2.17. The lowest BCUT2D eigenvalue weighted by molar-refractivity contribution is 0.0977. The first-order chi connectivity index (χ1) is 6.03. The van der Waals surface area contributed by atoms with Crippen LogP contribution in [0.25, 0.3) is 0 Å². The van der Waals surface area contributed by atoms with Crippen LogP contribution in [-0.2, 0) is 9.84 Å². The van der Waals surface area contributed by atoms with Crippen LogP contribution in [0.2, 0.25) is 0 Å². The number of carbonyl (C=O) groups excluding carboxylic acids is 1. The predicted molar refractivity (Wildman–Crippen MR) is 49.9 cm³/mol. The van der Waals surface area contributed by atoms with Crippen LogP contribution in [0.5, 0.6) is 0 Å². The topological polar surface area (TPSA) is 51.2 Å². The summed E-state index contributed by atoms with van der Waals surface area (Å²) in [5, 5.41) is 1.09. The Bertz CT molecular complexity index is 455. The van der Waals surface area contributed by atoms with E-state index in [0.29, 0.717) is 5.56 Å². The maximum absolute atomic E-state index is 11.7. The van der Waals surface area contributed by atoms with Gasteiger partial charge in [-0.3, -0.25) is 4.79 Å². The number of carbonyl (C=O) groups is 1. The number of ketones is 1. The fourth-order valence-electron chi connectivity index (χ4n) is 1.39. The fraction of sp³-hybridized carbons (Fsp3) is 0.375. The van der Waals surface area contributed by atoms with E-state index in [1.807, 2.05) is 0 Å². The molecule has 0 bridgehead atoms. The minimum Gasteiger partial charge on any atom is -0.294 e. The minimum atomic E-state index is -3.21. The van der Waals surface area contributed by atoms with E-state index in [4.69, 9.17) is 0 Å². The average Bonchev–Trinajstić information content (AvgIpc) is 2.49. The van der Waals surface area contributed by atoms with Crippen molar-refractivity contribution in [2.45, 2.75) is 22.8 Å². The molecule has 70 valence electrons. The molecule has 0 saturated heterocycles. The van der Waals surface area contributed by atoms with E-state index in [1.54, 1.807) is 18.4 Å². The van der Waals surface area contributed by atoms with Crippen LogP contribution < -0.4 is 0 Å². The molecular formula is C8H8O3S2. The van der Waals surface area contributed by atoms with Gasteiger partial charge in [0.2, 0.25) is 0 Å². The zero-order valence-electron chi connectivity index (χ0n) is 6.98. The summed E-state index contributed by atoms with van der Waals surface area (Å²) >= 11 is 1.13.